The minimum Gasteiger partial charge on any atom is -0.391 e. The van der Waals surface area contributed by atoms with Crippen molar-refractivity contribution in [2.75, 3.05) is 39.4 Å². The second-order valence-corrected chi connectivity index (χ2v) is 22.8. The molecular formula is C53H61BrF2N8O6S. The first-order valence-electron chi connectivity index (χ1n) is 24.9. The molecule has 18 heteroatoms. The maximum Gasteiger partial charge on any atom is 0.283 e. The standard InChI is InChI=1S/C53H61BrF2N8O6S/c1-30-45(71-29-57-30)33-14-12-32(13-15-33)39(58-47(66)43-24-35(65)27-62(43)49(68)46(52(2,3)4)59-50(69)53(56)18-19-53)28-70-23-22-61-20-16-31(17-21-61)36-25-41-42(26-38(36)55)64-40-11-7-10-37(54)44(40)48(67)60-51(64)63(41)34-8-5-6-9-34/h7,10-15,25-26,29,31,34-35,39,43,46,65H,5-6,8-9,16-24,27-28H2,1-4H3,(H,58,66)(H,59,69)/t35-,39+,43+,46-/m1/s1. The average Bonchev–Trinajstić information content (AvgIpc) is 3.78. The van der Waals surface area contributed by atoms with Crippen LogP contribution in [-0.2, 0) is 19.1 Å². The monoisotopic (exact) mass is 1050 g/mol. The van der Waals surface area contributed by atoms with Crippen LogP contribution >= 0.6 is 27.3 Å². The molecule has 4 atom stereocenters. The molecule has 0 spiro atoms. The zero-order valence-electron chi connectivity index (χ0n) is 40.6. The number of aromatic nitrogens is 4. The van der Waals surface area contributed by atoms with Crippen molar-refractivity contribution in [1.82, 2.24) is 39.4 Å². The first kappa shape index (κ1) is 49.4. The number of amides is 3. The molecule has 71 heavy (non-hydrogen) atoms. The molecule has 5 heterocycles. The smallest absolute Gasteiger partial charge is 0.283 e. The number of halogens is 3. The predicted octanol–water partition coefficient (Wildman–Crippen LogP) is 8.30. The molecule has 376 valence electrons. The van der Waals surface area contributed by atoms with Gasteiger partial charge in [0.2, 0.25) is 17.6 Å². The van der Waals surface area contributed by atoms with E-state index in [-0.39, 0.29) is 55.8 Å². The molecule has 2 aliphatic carbocycles. The normalized spacial score (nSPS) is 20.8. The van der Waals surface area contributed by atoms with Gasteiger partial charge in [0.05, 0.1) is 63.4 Å². The number of fused-ring (bicyclic) bond motifs is 5. The highest BCUT2D eigenvalue weighted by Crippen LogP contribution is 2.42. The van der Waals surface area contributed by atoms with E-state index in [0.717, 1.165) is 78.8 Å². The number of carbonyl (C=O) groups excluding carboxylic acids is 3. The lowest BCUT2D eigenvalue weighted by molar-refractivity contribution is -0.145. The van der Waals surface area contributed by atoms with Gasteiger partial charge >= 0.3 is 0 Å². The van der Waals surface area contributed by atoms with E-state index in [9.17, 15) is 28.7 Å². The molecule has 4 aliphatic rings. The molecular weight excluding hydrogens is 995 g/mol. The predicted molar refractivity (Wildman–Crippen MR) is 273 cm³/mol. The number of aryl methyl sites for hydroxylation is 1. The summed E-state index contributed by atoms with van der Waals surface area (Å²) in [5.74, 6) is -1.59. The molecule has 2 saturated heterocycles. The Morgan fingerprint density at radius 3 is 2.41 bits per heavy atom. The molecule has 3 amide bonds. The SMILES string of the molecule is Cc1ncsc1-c1ccc([C@H](COCCN2CCC(c3cc4c(cc3F)n3c5cccc(Br)c5c(=O)nc3n4C3CCCC3)CC2)NC(=O)[C@@H]2C[C@@H](O)CN2C(=O)[C@@H](NC(=O)C2(F)CC2)C(C)(C)C)cc1. The third-order valence-corrected chi connectivity index (χ3v) is 16.8. The van der Waals surface area contributed by atoms with Gasteiger partial charge in [-0.1, -0.05) is 63.9 Å². The van der Waals surface area contributed by atoms with Gasteiger partial charge in [-0.3, -0.25) is 23.6 Å². The molecule has 0 radical (unpaired) electrons. The summed E-state index contributed by atoms with van der Waals surface area (Å²) in [6.45, 7) is 9.73. The van der Waals surface area contributed by atoms with Crippen molar-refractivity contribution in [3.05, 3.63) is 97.6 Å². The second kappa shape index (κ2) is 19.7. The van der Waals surface area contributed by atoms with Crippen molar-refractivity contribution in [1.29, 1.82) is 0 Å². The van der Waals surface area contributed by atoms with Gasteiger partial charge in [0.15, 0.2) is 5.67 Å². The van der Waals surface area contributed by atoms with Crippen molar-refractivity contribution in [2.24, 2.45) is 5.41 Å². The van der Waals surface area contributed by atoms with Crippen molar-refractivity contribution >= 4 is 72.7 Å². The van der Waals surface area contributed by atoms with E-state index < -0.39 is 53.0 Å². The summed E-state index contributed by atoms with van der Waals surface area (Å²) in [5.41, 5.74) is 4.35. The number of nitrogens with zero attached hydrogens (tertiary/aromatic N) is 6. The largest absolute Gasteiger partial charge is 0.391 e. The van der Waals surface area contributed by atoms with Crippen LogP contribution in [0.1, 0.15) is 113 Å². The second-order valence-electron chi connectivity index (χ2n) is 21.1. The number of nitrogens with one attached hydrogen (secondary N) is 2. The van der Waals surface area contributed by atoms with Crippen LogP contribution in [0.15, 0.2) is 69.4 Å². The lowest BCUT2D eigenvalue weighted by atomic mass is 9.85. The van der Waals surface area contributed by atoms with Crippen LogP contribution in [0.5, 0.6) is 0 Å². The highest BCUT2D eigenvalue weighted by molar-refractivity contribution is 9.10. The maximum absolute atomic E-state index is 16.4. The summed E-state index contributed by atoms with van der Waals surface area (Å²) < 4.78 is 42.4. The first-order valence-corrected chi connectivity index (χ1v) is 26.6. The summed E-state index contributed by atoms with van der Waals surface area (Å²) in [4.78, 5) is 68.4. The zero-order valence-corrected chi connectivity index (χ0v) is 43.0. The fraction of sp³-hybridized carbons (Fsp3) is 0.509. The van der Waals surface area contributed by atoms with E-state index in [1.807, 2.05) is 59.9 Å². The van der Waals surface area contributed by atoms with Gasteiger partial charge in [-0.2, -0.15) is 4.98 Å². The molecule has 3 aromatic heterocycles. The molecule has 3 N–H and O–H groups in total. The number of thiazole rings is 1. The molecule has 3 aromatic carbocycles. The third-order valence-electron chi connectivity index (χ3n) is 15.2. The molecule has 2 saturated carbocycles. The number of benzene rings is 3. The number of hydrogen-bond acceptors (Lipinski definition) is 10. The highest BCUT2D eigenvalue weighted by Gasteiger charge is 2.53. The summed E-state index contributed by atoms with van der Waals surface area (Å²) in [7, 11) is 0. The van der Waals surface area contributed by atoms with Crippen molar-refractivity contribution in [3.8, 4) is 10.4 Å². The molecule has 0 unspecified atom stereocenters. The Balaban J connectivity index is 0.822. The van der Waals surface area contributed by atoms with Crippen LogP contribution in [0, 0.1) is 18.2 Å². The Bertz CT molecular complexity index is 3060. The average molecular weight is 1060 g/mol. The highest BCUT2D eigenvalue weighted by atomic mass is 79.9. The topological polar surface area (TPSA) is 163 Å². The first-order chi connectivity index (χ1) is 34.0. The van der Waals surface area contributed by atoms with Gasteiger partial charge in [0.1, 0.15) is 17.9 Å². The number of β-amino-alcohol motifs (C(OH)–C–C–N with tert-alkyl or cyclic N) is 1. The quantitative estimate of drug-likeness (QED) is 0.0912. The number of ether oxygens (including phenoxy) is 1. The van der Waals surface area contributed by atoms with E-state index in [0.29, 0.717) is 45.4 Å². The summed E-state index contributed by atoms with van der Waals surface area (Å²) in [6.07, 6.45) is 4.83. The molecule has 6 aromatic rings. The third kappa shape index (κ3) is 9.78. The Morgan fingerprint density at radius 2 is 1.73 bits per heavy atom. The lowest BCUT2D eigenvalue weighted by Crippen LogP contribution is -2.59. The number of imidazole rings is 1. The van der Waals surface area contributed by atoms with Crippen LogP contribution in [0.3, 0.4) is 0 Å². The number of likely N-dealkylation sites (tertiary alicyclic amines) is 2. The van der Waals surface area contributed by atoms with Crippen LogP contribution in [-0.4, -0.2) is 115 Å². The lowest BCUT2D eigenvalue weighted by Gasteiger charge is -2.36. The maximum atomic E-state index is 16.4. The van der Waals surface area contributed by atoms with Gasteiger partial charge in [0, 0.05) is 36.1 Å². The van der Waals surface area contributed by atoms with E-state index in [2.05, 4.69) is 46.0 Å². The van der Waals surface area contributed by atoms with Gasteiger partial charge < -0.3 is 34.8 Å². The fourth-order valence-electron chi connectivity index (χ4n) is 11.0. The van der Waals surface area contributed by atoms with E-state index in [1.165, 1.54) is 4.90 Å². The van der Waals surface area contributed by atoms with E-state index >= 15 is 4.39 Å². The summed E-state index contributed by atoms with van der Waals surface area (Å²) in [5, 5.41) is 17.1. The fourth-order valence-corrected chi connectivity index (χ4v) is 12.3. The Morgan fingerprint density at radius 1 is 1.00 bits per heavy atom. The number of alkyl halides is 1. The number of rotatable bonds is 14. The Hall–Kier alpha value is -5.14. The minimum atomic E-state index is -1.99. The number of piperidine rings is 1. The molecule has 10 rings (SSSR count). The molecule has 14 nitrogen and oxygen atoms in total. The number of carbonyl (C=O) groups is 3. The van der Waals surface area contributed by atoms with Gasteiger partial charge in [-0.25, -0.2) is 13.8 Å². The van der Waals surface area contributed by atoms with E-state index in [4.69, 9.17) is 4.74 Å². The molecule has 2 aliphatic heterocycles. The van der Waals surface area contributed by atoms with Crippen LogP contribution in [0.2, 0.25) is 0 Å². The van der Waals surface area contributed by atoms with Crippen LogP contribution in [0.25, 0.3) is 38.2 Å². The molecule has 0 bridgehead atoms. The minimum absolute atomic E-state index is 0.00187. The van der Waals surface area contributed by atoms with E-state index in [1.54, 1.807) is 43.7 Å². The van der Waals surface area contributed by atoms with Crippen molar-refractivity contribution in [2.45, 2.75) is 127 Å². The van der Waals surface area contributed by atoms with Crippen molar-refractivity contribution in [3.63, 3.8) is 0 Å². The van der Waals surface area contributed by atoms with Crippen LogP contribution in [0.4, 0.5) is 8.78 Å². The summed E-state index contributed by atoms with van der Waals surface area (Å²) in [6, 6.07) is 14.5. The Kier molecular flexibility index (Phi) is 13.7. The molecule has 4 fully saturated rings. The zero-order chi connectivity index (χ0) is 49.9. The van der Waals surface area contributed by atoms with Crippen molar-refractivity contribution < 1.29 is 33.0 Å². The van der Waals surface area contributed by atoms with Gasteiger partial charge in [-0.15, -0.1) is 11.3 Å². The van der Waals surface area contributed by atoms with Gasteiger partial charge in [0.25, 0.3) is 11.5 Å². The summed E-state index contributed by atoms with van der Waals surface area (Å²) >= 11 is 5.09. The Labute approximate surface area is 423 Å². The number of aliphatic hydroxyl groups is 1. The van der Waals surface area contributed by atoms with Crippen LogP contribution < -0.4 is 16.2 Å². The number of aliphatic hydroxyl groups excluding tert-OH is 1. The van der Waals surface area contributed by atoms with Gasteiger partial charge in [-0.05, 0) is 121 Å². The number of hydrogen-bond donors (Lipinski definition) is 3.